The first kappa shape index (κ1) is 14.8. The molecule has 1 N–H and O–H groups in total. The van der Waals surface area contributed by atoms with Crippen molar-refractivity contribution < 1.29 is 9.59 Å². The molecule has 0 unspecified atom stereocenters. The third-order valence-electron chi connectivity index (χ3n) is 5.04. The van der Waals surface area contributed by atoms with E-state index in [-0.39, 0.29) is 11.8 Å². The van der Waals surface area contributed by atoms with Gasteiger partial charge in [-0.2, -0.15) is 0 Å². The summed E-state index contributed by atoms with van der Waals surface area (Å²) in [5.74, 6) is 0.894. The van der Waals surface area contributed by atoms with Crippen molar-refractivity contribution in [3.8, 4) is 0 Å². The summed E-state index contributed by atoms with van der Waals surface area (Å²) in [6.45, 7) is 3.20. The van der Waals surface area contributed by atoms with E-state index in [0.29, 0.717) is 11.8 Å². The van der Waals surface area contributed by atoms with E-state index < -0.39 is 0 Å². The van der Waals surface area contributed by atoms with Crippen LogP contribution >= 0.6 is 0 Å². The van der Waals surface area contributed by atoms with Crippen LogP contribution in [-0.2, 0) is 9.59 Å². The van der Waals surface area contributed by atoms with Gasteiger partial charge in [-0.15, -0.1) is 0 Å². The van der Waals surface area contributed by atoms with Gasteiger partial charge in [0.25, 0.3) is 0 Å². The molecule has 0 atom stereocenters. The number of nitrogens with zero attached hydrogens (tertiary/aromatic N) is 2. The molecule has 3 aliphatic rings. The van der Waals surface area contributed by atoms with Crippen LogP contribution in [0.1, 0.15) is 38.5 Å². The average Bonchev–Trinajstić information content (AvgIpc) is 3.39. The number of hydrogen-bond donors (Lipinski definition) is 1. The van der Waals surface area contributed by atoms with Crippen LogP contribution in [0.25, 0.3) is 0 Å². The minimum Gasteiger partial charge on any atom is -0.355 e. The number of likely N-dealkylation sites (N-methyl/N-ethyl adjacent to an activating group) is 1. The first-order valence-electron chi connectivity index (χ1n) is 8.42. The van der Waals surface area contributed by atoms with Crippen LogP contribution in [0, 0.1) is 11.8 Å². The fourth-order valence-corrected chi connectivity index (χ4v) is 3.15. The minimum atomic E-state index is 0.0967. The smallest absolute Gasteiger partial charge is 0.225 e. The summed E-state index contributed by atoms with van der Waals surface area (Å²) in [5.41, 5.74) is 0. The summed E-state index contributed by atoms with van der Waals surface area (Å²) in [6, 6.07) is 0.749. The van der Waals surface area contributed by atoms with E-state index in [4.69, 9.17) is 0 Å². The van der Waals surface area contributed by atoms with E-state index in [0.717, 1.165) is 57.9 Å². The number of hydrogen-bond acceptors (Lipinski definition) is 3. The third kappa shape index (κ3) is 3.96. The number of rotatable bonds is 6. The Labute approximate surface area is 127 Å². The quantitative estimate of drug-likeness (QED) is 0.790. The standard InChI is InChI=1S/C16H27N3O2/c1-18(14-4-5-14)11-8-17-15(20)12-6-9-19(10-7-12)16(21)13-2-3-13/h12-14H,2-11H2,1H3,(H,17,20). The fourth-order valence-electron chi connectivity index (χ4n) is 3.15. The summed E-state index contributed by atoms with van der Waals surface area (Å²) < 4.78 is 0. The van der Waals surface area contributed by atoms with Crippen molar-refractivity contribution >= 4 is 11.8 Å². The lowest BCUT2D eigenvalue weighted by Gasteiger charge is -2.31. The molecule has 0 radical (unpaired) electrons. The van der Waals surface area contributed by atoms with Gasteiger partial charge in [0.2, 0.25) is 11.8 Å². The van der Waals surface area contributed by atoms with E-state index in [9.17, 15) is 9.59 Å². The van der Waals surface area contributed by atoms with Gasteiger partial charge in [-0.1, -0.05) is 0 Å². The molecule has 2 saturated carbocycles. The number of nitrogens with one attached hydrogen (secondary N) is 1. The monoisotopic (exact) mass is 293 g/mol. The van der Waals surface area contributed by atoms with Crippen molar-refractivity contribution in [3.63, 3.8) is 0 Å². The molecule has 0 aromatic heterocycles. The fraction of sp³-hybridized carbons (Fsp3) is 0.875. The Kier molecular flexibility index (Phi) is 4.48. The SMILES string of the molecule is CN(CCNC(=O)C1CCN(C(=O)C2CC2)CC1)C1CC1. The van der Waals surface area contributed by atoms with Crippen LogP contribution in [0.3, 0.4) is 0 Å². The van der Waals surface area contributed by atoms with Gasteiger partial charge in [0.05, 0.1) is 0 Å². The van der Waals surface area contributed by atoms with Crippen molar-refractivity contribution in [2.45, 2.75) is 44.6 Å². The van der Waals surface area contributed by atoms with Gasteiger partial charge in [-0.3, -0.25) is 9.59 Å². The van der Waals surface area contributed by atoms with Crippen LogP contribution in [0.15, 0.2) is 0 Å². The van der Waals surface area contributed by atoms with E-state index in [1.807, 2.05) is 4.90 Å². The molecule has 0 bridgehead atoms. The molecule has 3 rings (SSSR count). The predicted molar refractivity (Wildman–Crippen MR) is 80.7 cm³/mol. The van der Waals surface area contributed by atoms with Gasteiger partial charge in [0.1, 0.15) is 0 Å². The highest BCUT2D eigenvalue weighted by Crippen LogP contribution is 2.32. The lowest BCUT2D eigenvalue weighted by atomic mass is 9.95. The lowest BCUT2D eigenvalue weighted by molar-refractivity contribution is -0.136. The van der Waals surface area contributed by atoms with E-state index in [1.165, 1.54) is 12.8 Å². The number of carbonyl (C=O) groups excluding carboxylic acids is 2. The molecule has 0 aromatic rings. The molecule has 5 heteroatoms. The highest BCUT2D eigenvalue weighted by Gasteiger charge is 2.35. The zero-order chi connectivity index (χ0) is 14.8. The largest absolute Gasteiger partial charge is 0.355 e. The molecule has 21 heavy (non-hydrogen) atoms. The minimum absolute atomic E-state index is 0.0967. The van der Waals surface area contributed by atoms with Gasteiger partial charge in [-0.25, -0.2) is 0 Å². The van der Waals surface area contributed by atoms with Gasteiger partial charge in [0, 0.05) is 44.1 Å². The summed E-state index contributed by atoms with van der Waals surface area (Å²) in [7, 11) is 2.13. The van der Waals surface area contributed by atoms with Gasteiger partial charge in [0.15, 0.2) is 0 Å². The second kappa shape index (κ2) is 6.34. The second-order valence-corrected chi connectivity index (χ2v) is 6.88. The molecule has 3 fully saturated rings. The Morgan fingerprint density at radius 1 is 1.05 bits per heavy atom. The topological polar surface area (TPSA) is 52.7 Å². The summed E-state index contributed by atoms with van der Waals surface area (Å²) >= 11 is 0. The molecular formula is C16H27N3O2. The van der Waals surface area contributed by atoms with Crippen molar-refractivity contribution in [2.24, 2.45) is 11.8 Å². The van der Waals surface area contributed by atoms with Gasteiger partial charge < -0.3 is 15.1 Å². The molecule has 0 aromatic carbocycles. The highest BCUT2D eigenvalue weighted by molar-refractivity contribution is 5.82. The normalized spacial score (nSPS) is 23.4. The Bertz CT molecular complexity index is 396. The van der Waals surface area contributed by atoms with Crippen LogP contribution in [0.2, 0.25) is 0 Å². The number of likely N-dealkylation sites (tertiary alicyclic amines) is 1. The third-order valence-corrected chi connectivity index (χ3v) is 5.04. The van der Waals surface area contributed by atoms with Crippen LogP contribution in [-0.4, -0.2) is 60.9 Å². The molecule has 118 valence electrons. The lowest BCUT2D eigenvalue weighted by Crippen LogP contribution is -2.44. The molecule has 0 spiro atoms. The first-order chi connectivity index (χ1) is 10.1. The van der Waals surface area contributed by atoms with Crippen molar-refractivity contribution in [2.75, 3.05) is 33.2 Å². The van der Waals surface area contributed by atoms with Crippen molar-refractivity contribution in [3.05, 3.63) is 0 Å². The zero-order valence-electron chi connectivity index (χ0n) is 13.0. The number of amides is 2. The number of carbonyl (C=O) groups is 2. The van der Waals surface area contributed by atoms with Gasteiger partial charge in [-0.05, 0) is 45.6 Å². The van der Waals surface area contributed by atoms with Crippen molar-refractivity contribution in [1.29, 1.82) is 0 Å². The Morgan fingerprint density at radius 3 is 2.29 bits per heavy atom. The second-order valence-electron chi connectivity index (χ2n) is 6.88. The Balaban J connectivity index is 1.33. The predicted octanol–water partition coefficient (Wildman–Crippen LogP) is 0.845. The Morgan fingerprint density at radius 2 is 1.71 bits per heavy atom. The maximum atomic E-state index is 12.2. The molecular weight excluding hydrogens is 266 g/mol. The number of piperidine rings is 1. The Hall–Kier alpha value is -1.10. The van der Waals surface area contributed by atoms with E-state index in [2.05, 4.69) is 17.3 Å². The molecule has 2 aliphatic carbocycles. The molecule has 1 aliphatic heterocycles. The summed E-state index contributed by atoms with van der Waals surface area (Å²) in [6.07, 6.45) is 6.38. The highest BCUT2D eigenvalue weighted by atomic mass is 16.2. The molecule has 2 amide bonds. The summed E-state index contributed by atoms with van der Waals surface area (Å²) in [4.78, 5) is 28.4. The summed E-state index contributed by atoms with van der Waals surface area (Å²) in [5, 5.41) is 3.06. The van der Waals surface area contributed by atoms with Crippen LogP contribution < -0.4 is 5.32 Å². The van der Waals surface area contributed by atoms with Gasteiger partial charge >= 0.3 is 0 Å². The van der Waals surface area contributed by atoms with Crippen molar-refractivity contribution in [1.82, 2.24) is 15.1 Å². The average molecular weight is 293 g/mol. The zero-order valence-corrected chi connectivity index (χ0v) is 13.0. The van der Waals surface area contributed by atoms with Crippen LogP contribution in [0.5, 0.6) is 0 Å². The van der Waals surface area contributed by atoms with Crippen LogP contribution in [0.4, 0.5) is 0 Å². The van der Waals surface area contributed by atoms with E-state index >= 15 is 0 Å². The van der Waals surface area contributed by atoms with E-state index in [1.54, 1.807) is 0 Å². The maximum Gasteiger partial charge on any atom is 0.225 e. The molecule has 1 heterocycles. The first-order valence-corrected chi connectivity index (χ1v) is 8.42. The molecule has 1 saturated heterocycles. The molecule has 5 nitrogen and oxygen atoms in total. The maximum absolute atomic E-state index is 12.2.